The minimum atomic E-state index is -0.945. The Morgan fingerprint density at radius 2 is 1.69 bits per heavy atom. The van der Waals surface area contributed by atoms with Crippen LogP contribution >= 0.6 is 0 Å². The molecule has 2 aliphatic rings. The van der Waals surface area contributed by atoms with Crippen molar-refractivity contribution in [2.24, 2.45) is 0 Å². The van der Waals surface area contributed by atoms with Crippen LogP contribution < -0.4 is 26.0 Å². The van der Waals surface area contributed by atoms with Gasteiger partial charge in [0.15, 0.2) is 0 Å². The molecule has 1 saturated heterocycles. The molecule has 0 spiro atoms. The Labute approximate surface area is 295 Å². The van der Waals surface area contributed by atoms with Gasteiger partial charge in [0.1, 0.15) is 18.4 Å². The van der Waals surface area contributed by atoms with Crippen LogP contribution in [0.3, 0.4) is 0 Å². The Kier molecular flexibility index (Phi) is 9.87. The first-order valence-electron chi connectivity index (χ1n) is 17.1. The number of amides is 5. The molecule has 4 aromatic carbocycles. The van der Waals surface area contributed by atoms with Crippen molar-refractivity contribution in [3.63, 3.8) is 0 Å². The van der Waals surface area contributed by atoms with Crippen LogP contribution in [0.4, 0.5) is 10.5 Å². The van der Waals surface area contributed by atoms with Gasteiger partial charge >= 0.3 is 6.03 Å². The number of fused-ring (bicyclic) bond motifs is 6. The molecule has 1 aromatic heterocycles. The van der Waals surface area contributed by atoms with Crippen molar-refractivity contribution < 1.29 is 23.9 Å². The molecule has 0 unspecified atom stereocenters. The first kappa shape index (κ1) is 33.3. The maximum absolute atomic E-state index is 14.5. The second-order valence-corrected chi connectivity index (χ2v) is 12.8. The number of hydrogen-bond acceptors (Lipinski definition) is 6. The van der Waals surface area contributed by atoms with E-state index < -0.39 is 18.1 Å². The molecule has 51 heavy (non-hydrogen) atoms. The van der Waals surface area contributed by atoms with E-state index in [-0.39, 0.29) is 56.3 Å². The molecule has 3 heterocycles. The number of carbonyl (C=O) groups excluding carboxylic acids is 4. The first-order chi connectivity index (χ1) is 24.9. The fourth-order valence-corrected chi connectivity index (χ4v) is 6.86. The summed E-state index contributed by atoms with van der Waals surface area (Å²) in [5.74, 6) is -0.336. The monoisotopic (exact) mass is 682 g/mol. The molecule has 5 aromatic rings. The van der Waals surface area contributed by atoms with E-state index in [1.54, 1.807) is 35.5 Å². The van der Waals surface area contributed by atoms with Gasteiger partial charge < -0.3 is 30.9 Å². The lowest BCUT2D eigenvalue weighted by atomic mass is 9.99. The van der Waals surface area contributed by atoms with Gasteiger partial charge in [0.25, 0.3) is 5.91 Å². The van der Waals surface area contributed by atoms with E-state index in [1.165, 1.54) is 0 Å². The number of urea groups is 1. The normalized spacial score (nSPS) is 19.0. The minimum Gasteiger partial charge on any atom is -0.491 e. The highest BCUT2D eigenvalue weighted by atomic mass is 16.5. The highest BCUT2D eigenvalue weighted by molar-refractivity contribution is 6.01. The summed E-state index contributed by atoms with van der Waals surface area (Å²) in [6.45, 7) is 0.510. The summed E-state index contributed by atoms with van der Waals surface area (Å²) in [7, 11) is 0. The van der Waals surface area contributed by atoms with Gasteiger partial charge in [-0.3, -0.25) is 19.4 Å². The lowest BCUT2D eigenvalue weighted by Gasteiger charge is -2.29. The summed E-state index contributed by atoms with van der Waals surface area (Å²) in [6, 6.07) is 29.8. The first-order valence-corrected chi connectivity index (χ1v) is 17.1. The van der Waals surface area contributed by atoms with Crippen LogP contribution in [0.5, 0.6) is 5.75 Å². The lowest BCUT2D eigenvalue weighted by molar-refractivity contribution is -0.137. The van der Waals surface area contributed by atoms with Crippen LogP contribution in [0.2, 0.25) is 0 Å². The predicted molar refractivity (Wildman–Crippen MR) is 194 cm³/mol. The number of pyridine rings is 1. The Hall–Kier alpha value is -6.23. The van der Waals surface area contributed by atoms with E-state index in [0.717, 1.165) is 27.5 Å². The van der Waals surface area contributed by atoms with E-state index in [0.29, 0.717) is 23.4 Å². The van der Waals surface area contributed by atoms with Crippen LogP contribution in [0.15, 0.2) is 116 Å². The fourth-order valence-electron chi connectivity index (χ4n) is 6.86. The molecule has 258 valence electrons. The number of nitrogens with zero attached hydrogens (tertiary/aromatic N) is 2. The average Bonchev–Trinajstić information content (AvgIpc) is 3.55. The standard InChI is InChI=1S/C40H38N6O5/c47-37(21-28-10-5-9-26-8-1-2-14-33(26)28)45-36-17-19-42-38(48)35-16-4-3-15-34(35)27-11-6-13-32(20-27)51-25-31-22-30(24-46(31)39(36)49)44-40(50)43-29-12-7-18-41-23-29/h1-16,18,20,23,30-31,36H,17,19,21-22,24-25H2,(H,42,48)(H,45,47)(H2,43,44,50)/t30-,31-,36+/m0/s1. The van der Waals surface area contributed by atoms with E-state index in [4.69, 9.17) is 4.74 Å². The van der Waals surface area contributed by atoms with Crippen molar-refractivity contribution >= 4 is 40.2 Å². The number of hydrogen-bond donors (Lipinski definition) is 4. The summed E-state index contributed by atoms with van der Waals surface area (Å²) >= 11 is 0. The van der Waals surface area contributed by atoms with Crippen molar-refractivity contribution in [2.75, 3.05) is 25.0 Å². The molecule has 0 saturated carbocycles. The number of anilines is 1. The van der Waals surface area contributed by atoms with Crippen LogP contribution in [0, 0.1) is 0 Å². The zero-order valence-electron chi connectivity index (χ0n) is 27.9. The van der Waals surface area contributed by atoms with Crippen LogP contribution in [-0.4, -0.2) is 71.5 Å². The third kappa shape index (κ3) is 7.83. The Morgan fingerprint density at radius 1 is 0.882 bits per heavy atom. The SMILES string of the molecule is O=C(Cc1cccc2ccccc12)N[C@@H]1CCNC(=O)c2ccccc2-c2cccc(c2)OC[C@@H]2C[C@H](NC(=O)Nc3cccnc3)CN2C1=O. The van der Waals surface area contributed by atoms with E-state index in [2.05, 4.69) is 26.3 Å². The smallest absolute Gasteiger partial charge is 0.319 e. The summed E-state index contributed by atoms with van der Waals surface area (Å²) in [4.78, 5) is 60.2. The topological polar surface area (TPSA) is 142 Å². The number of ether oxygens (including phenoxy) is 1. The number of benzene rings is 4. The molecule has 7 rings (SSSR count). The Balaban J connectivity index is 1.16. The number of rotatable bonds is 5. The molecule has 11 nitrogen and oxygen atoms in total. The van der Waals surface area contributed by atoms with Gasteiger partial charge in [-0.25, -0.2) is 4.79 Å². The zero-order valence-corrected chi connectivity index (χ0v) is 27.9. The minimum absolute atomic E-state index is 0.0751. The van der Waals surface area contributed by atoms with Crippen molar-refractivity contribution in [3.8, 4) is 16.9 Å². The number of carbonyl (C=O) groups is 4. The number of aromatic nitrogens is 1. The molecule has 11 heteroatoms. The molecule has 4 N–H and O–H groups in total. The summed E-state index contributed by atoms with van der Waals surface area (Å²) < 4.78 is 6.29. The van der Waals surface area contributed by atoms with Gasteiger partial charge in [-0.2, -0.15) is 0 Å². The molecule has 1 fully saturated rings. The van der Waals surface area contributed by atoms with Gasteiger partial charge in [0.05, 0.1) is 30.4 Å². The second-order valence-electron chi connectivity index (χ2n) is 12.8. The van der Waals surface area contributed by atoms with Gasteiger partial charge in [-0.15, -0.1) is 0 Å². The molecule has 2 aliphatic heterocycles. The van der Waals surface area contributed by atoms with Gasteiger partial charge in [0, 0.05) is 24.8 Å². The predicted octanol–water partition coefficient (Wildman–Crippen LogP) is 4.93. The second kappa shape index (κ2) is 15.1. The maximum Gasteiger partial charge on any atom is 0.319 e. The van der Waals surface area contributed by atoms with Gasteiger partial charge in [-0.1, -0.05) is 72.8 Å². The molecule has 2 bridgehead atoms. The largest absolute Gasteiger partial charge is 0.491 e. The highest BCUT2D eigenvalue weighted by Crippen LogP contribution is 2.29. The van der Waals surface area contributed by atoms with Crippen LogP contribution in [0.1, 0.15) is 28.8 Å². The third-order valence-electron chi connectivity index (χ3n) is 9.29. The average molecular weight is 683 g/mol. The summed E-state index contributed by atoms with van der Waals surface area (Å²) in [5, 5.41) is 13.7. The summed E-state index contributed by atoms with van der Waals surface area (Å²) in [6.07, 6.45) is 3.83. The van der Waals surface area contributed by atoms with Crippen molar-refractivity contribution in [2.45, 2.75) is 37.4 Å². The van der Waals surface area contributed by atoms with Gasteiger partial charge in [-0.05, 0) is 70.6 Å². The maximum atomic E-state index is 14.5. The quantitative estimate of drug-likeness (QED) is 0.207. The van der Waals surface area contributed by atoms with Gasteiger partial charge in [0.2, 0.25) is 11.8 Å². The van der Waals surface area contributed by atoms with Crippen LogP contribution in [-0.2, 0) is 16.0 Å². The van der Waals surface area contributed by atoms with E-state index in [1.807, 2.05) is 84.9 Å². The highest BCUT2D eigenvalue weighted by Gasteiger charge is 2.39. The van der Waals surface area contributed by atoms with E-state index >= 15 is 0 Å². The Bertz CT molecular complexity index is 2070. The number of nitrogens with one attached hydrogen (secondary N) is 4. The lowest BCUT2D eigenvalue weighted by Crippen LogP contribution is -2.53. The molecule has 0 radical (unpaired) electrons. The molecule has 3 atom stereocenters. The fraction of sp³-hybridized carbons (Fsp3) is 0.225. The zero-order chi connectivity index (χ0) is 35.2. The van der Waals surface area contributed by atoms with Crippen molar-refractivity contribution in [1.82, 2.24) is 25.8 Å². The molecular weight excluding hydrogens is 644 g/mol. The Morgan fingerprint density at radius 3 is 2.55 bits per heavy atom. The summed E-state index contributed by atoms with van der Waals surface area (Å²) in [5.41, 5.74) is 3.44. The third-order valence-corrected chi connectivity index (χ3v) is 9.29. The van der Waals surface area contributed by atoms with Crippen molar-refractivity contribution in [1.29, 1.82) is 0 Å². The molecule has 0 aliphatic carbocycles. The van der Waals surface area contributed by atoms with Crippen LogP contribution in [0.25, 0.3) is 21.9 Å². The van der Waals surface area contributed by atoms with E-state index in [9.17, 15) is 19.2 Å². The molecular formula is C40H38N6O5. The van der Waals surface area contributed by atoms with Crippen molar-refractivity contribution in [3.05, 3.63) is 127 Å². The molecule has 5 amide bonds.